The van der Waals surface area contributed by atoms with E-state index >= 15 is 0 Å². The van der Waals surface area contributed by atoms with Gasteiger partial charge in [0.15, 0.2) is 0 Å². The molecule has 2 aromatic rings. The first-order chi connectivity index (χ1) is 13.2. The van der Waals surface area contributed by atoms with Gasteiger partial charge in [0, 0.05) is 12.0 Å². The molecule has 1 heterocycles. The Hall–Kier alpha value is -2.24. The molecule has 0 aliphatic heterocycles. The Bertz CT molecular complexity index is 721. The number of carbonyl (C=O) groups is 1. The van der Waals surface area contributed by atoms with Crippen LogP contribution in [0.4, 0.5) is 10.5 Å². The van der Waals surface area contributed by atoms with Crippen LogP contribution in [0.5, 0.6) is 5.75 Å². The molecule has 1 aliphatic rings. The summed E-state index contributed by atoms with van der Waals surface area (Å²) in [5.41, 5.74) is 2.39. The molecule has 0 atom stereocenters. The van der Waals surface area contributed by atoms with E-state index in [-0.39, 0.29) is 0 Å². The van der Waals surface area contributed by atoms with Crippen molar-refractivity contribution in [3.05, 3.63) is 18.0 Å². The van der Waals surface area contributed by atoms with Gasteiger partial charge < -0.3 is 14.5 Å². The normalized spacial score (nSPS) is 14.4. The molecule has 1 fully saturated rings. The molecule has 0 bridgehead atoms. The number of benzene rings is 1. The third-order valence-corrected chi connectivity index (χ3v) is 4.57. The molecule has 3 rings (SSSR count). The number of fused-ring (bicyclic) bond motifs is 1. The average molecular weight is 376 g/mol. The van der Waals surface area contributed by atoms with Crippen molar-refractivity contribution in [2.24, 2.45) is 0 Å². The van der Waals surface area contributed by atoms with Crippen molar-refractivity contribution >= 4 is 22.8 Å². The molecular weight excluding hydrogens is 342 g/mol. The molecule has 27 heavy (non-hydrogen) atoms. The zero-order valence-corrected chi connectivity index (χ0v) is 17.1. The Labute approximate surface area is 162 Å². The number of hydrogen-bond acceptors (Lipinski definition) is 4. The van der Waals surface area contributed by atoms with Gasteiger partial charge in [-0.2, -0.15) is 0 Å². The highest BCUT2D eigenvalue weighted by Crippen LogP contribution is 2.34. The van der Waals surface area contributed by atoms with E-state index in [9.17, 15) is 4.79 Å². The van der Waals surface area contributed by atoms with E-state index in [2.05, 4.69) is 10.3 Å². The lowest BCUT2D eigenvalue weighted by molar-refractivity contribution is 0.161. The highest BCUT2D eigenvalue weighted by molar-refractivity contribution is 5.92. The van der Waals surface area contributed by atoms with E-state index in [4.69, 9.17) is 14.5 Å². The average Bonchev–Trinajstić information content (AvgIpc) is 3.12. The molecular formula is C21H33N3O3. The monoisotopic (exact) mass is 375 g/mol. The number of amides is 1. The van der Waals surface area contributed by atoms with Crippen molar-refractivity contribution in [1.29, 1.82) is 0 Å². The van der Waals surface area contributed by atoms with Crippen LogP contribution in [0.3, 0.4) is 0 Å². The number of imidazole rings is 1. The number of aromatic amines is 1. The number of nitrogens with one attached hydrogen (secondary N) is 2. The topological polar surface area (TPSA) is 76.2 Å². The number of rotatable bonds is 6. The van der Waals surface area contributed by atoms with Gasteiger partial charge in [-0.3, -0.25) is 5.32 Å². The van der Waals surface area contributed by atoms with Crippen LogP contribution in [0.2, 0.25) is 0 Å². The van der Waals surface area contributed by atoms with Crippen LogP contribution >= 0.6 is 0 Å². The summed E-state index contributed by atoms with van der Waals surface area (Å²) in [6.07, 6.45) is 6.55. The summed E-state index contributed by atoms with van der Waals surface area (Å²) in [6.45, 7) is 8.79. The number of carbonyl (C=O) groups excluding carboxylic acids is 1. The standard InChI is InChI=1S/C19H27N3O3.C2H6/c1-3-10-25-19(23)22-16-11-14-15(12-17(16)24-4-2)21-18(20-14)13-8-6-5-7-9-13;1-2/h11-13H,3-10H2,1-2H3,(H,20,21)(H,22,23);1-2H3. The van der Waals surface area contributed by atoms with Crippen molar-refractivity contribution < 1.29 is 14.3 Å². The van der Waals surface area contributed by atoms with Gasteiger partial charge in [-0.15, -0.1) is 0 Å². The molecule has 0 saturated heterocycles. The van der Waals surface area contributed by atoms with Crippen LogP contribution in [0, 0.1) is 0 Å². The summed E-state index contributed by atoms with van der Waals surface area (Å²) in [7, 11) is 0. The van der Waals surface area contributed by atoms with Crippen LogP contribution < -0.4 is 10.1 Å². The first-order valence-electron chi connectivity index (χ1n) is 10.3. The number of hydrogen-bond donors (Lipinski definition) is 2. The van der Waals surface area contributed by atoms with Crippen molar-refractivity contribution in [1.82, 2.24) is 9.97 Å². The Morgan fingerprint density at radius 3 is 2.63 bits per heavy atom. The van der Waals surface area contributed by atoms with Crippen LogP contribution in [0.1, 0.15) is 78.0 Å². The largest absolute Gasteiger partial charge is 0.492 e. The minimum Gasteiger partial charge on any atom is -0.492 e. The maximum atomic E-state index is 11.9. The van der Waals surface area contributed by atoms with Crippen LogP contribution in [0.15, 0.2) is 12.1 Å². The highest BCUT2D eigenvalue weighted by atomic mass is 16.5. The summed E-state index contributed by atoms with van der Waals surface area (Å²) in [6, 6.07) is 3.77. The molecule has 1 aliphatic carbocycles. The summed E-state index contributed by atoms with van der Waals surface area (Å²) < 4.78 is 10.8. The summed E-state index contributed by atoms with van der Waals surface area (Å²) >= 11 is 0. The van der Waals surface area contributed by atoms with Crippen LogP contribution in [0.25, 0.3) is 11.0 Å². The molecule has 1 amide bonds. The van der Waals surface area contributed by atoms with E-state index < -0.39 is 6.09 Å². The van der Waals surface area contributed by atoms with Crippen molar-refractivity contribution in [3.8, 4) is 5.75 Å². The Morgan fingerprint density at radius 1 is 1.22 bits per heavy atom. The predicted molar refractivity (Wildman–Crippen MR) is 110 cm³/mol. The lowest BCUT2D eigenvalue weighted by Gasteiger charge is -2.18. The zero-order chi connectivity index (χ0) is 19.6. The van der Waals surface area contributed by atoms with E-state index in [1.54, 1.807) is 0 Å². The van der Waals surface area contributed by atoms with Gasteiger partial charge >= 0.3 is 6.09 Å². The fourth-order valence-electron chi connectivity index (χ4n) is 3.34. The Kier molecular flexibility index (Phi) is 8.43. The third kappa shape index (κ3) is 5.62. The van der Waals surface area contributed by atoms with Gasteiger partial charge in [0.05, 0.1) is 29.9 Å². The zero-order valence-electron chi connectivity index (χ0n) is 17.1. The summed E-state index contributed by atoms with van der Waals surface area (Å²) in [5, 5.41) is 2.78. The maximum absolute atomic E-state index is 11.9. The van der Waals surface area contributed by atoms with Gasteiger partial charge in [-0.05, 0) is 32.3 Å². The van der Waals surface area contributed by atoms with Gasteiger partial charge in [-0.25, -0.2) is 9.78 Å². The molecule has 2 N–H and O–H groups in total. The second kappa shape index (κ2) is 10.8. The van der Waals surface area contributed by atoms with Crippen molar-refractivity contribution in [3.63, 3.8) is 0 Å². The first kappa shape index (κ1) is 21.1. The predicted octanol–water partition coefficient (Wildman–Crippen LogP) is 5.99. The van der Waals surface area contributed by atoms with Crippen LogP contribution in [-0.2, 0) is 4.74 Å². The molecule has 1 saturated carbocycles. The summed E-state index contributed by atoms with van der Waals surface area (Å²) in [4.78, 5) is 20.1. The van der Waals surface area contributed by atoms with Gasteiger partial charge in [0.1, 0.15) is 11.6 Å². The quantitative estimate of drug-likeness (QED) is 0.650. The molecule has 6 heteroatoms. The number of H-pyrrole nitrogens is 1. The second-order valence-electron chi connectivity index (χ2n) is 6.52. The highest BCUT2D eigenvalue weighted by Gasteiger charge is 2.20. The van der Waals surface area contributed by atoms with Crippen LogP contribution in [-0.4, -0.2) is 29.3 Å². The van der Waals surface area contributed by atoms with Gasteiger partial charge in [0.25, 0.3) is 0 Å². The first-order valence-corrected chi connectivity index (χ1v) is 10.3. The minimum absolute atomic E-state index is 0.397. The Balaban J connectivity index is 0.00000126. The number of anilines is 1. The second-order valence-corrected chi connectivity index (χ2v) is 6.52. The lowest BCUT2D eigenvalue weighted by Crippen LogP contribution is -2.15. The van der Waals surface area contributed by atoms with E-state index in [0.29, 0.717) is 30.6 Å². The SMILES string of the molecule is CC.CCCOC(=O)Nc1cc2[nH]c(C3CCCCC3)nc2cc1OCC. The van der Waals surface area contributed by atoms with Gasteiger partial charge in [-0.1, -0.05) is 40.0 Å². The Morgan fingerprint density at radius 2 is 1.96 bits per heavy atom. The van der Waals surface area contributed by atoms with Gasteiger partial charge in [0.2, 0.25) is 0 Å². The fourth-order valence-corrected chi connectivity index (χ4v) is 3.34. The van der Waals surface area contributed by atoms with E-state index in [1.165, 1.54) is 32.1 Å². The van der Waals surface area contributed by atoms with E-state index in [0.717, 1.165) is 23.3 Å². The molecule has 1 aromatic heterocycles. The molecule has 0 radical (unpaired) electrons. The number of ether oxygens (including phenoxy) is 2. The fraction of sp³-hybridized carbons (Fsp3) is 0.619. The summed E-state index contributed by atoms with van der Waals surface area (Å²) in [5.74, 6) is 2.16. The van der Waals surface area contributed by atoms with Crippen molar-refractivity contribution in [2.75, 3.05) is 18.5 Å². The molecule has 1 aromatic carbocycles. The smallest absolute Gasteiger partial charge is 0.411 e. The lowest BCUT2D eigenvalue weighted by atomic mass is 9.89. The number of nitrogens with zero attached hydrogens (tertiary/aromatic N) is 1. The molecule has 150 valence electrons. The van der Waals surface area contributed by atoms with E-state index in [1.807, 2.05) is 39.8 Å². The van der Waals surface area contributed by atoms with Crippen molar-refractivity contribution in [2.45, 2.75) is 72.1 Å². The molecule has 0 unspecified atom stereocenters. The maximum Gasteiger partial charge on any atom is 0.411 e. The molecule has 6 nitrogen and oxygen atoms in total. The third-order valence-electron chi connectivity index (χ3n) is 4.57. The minimum atomic E-state index is -0.464. The molecule has 0 spiro atoms. The number of aromatic nitrogens is 2.